The summed E-state index contributed by atoms with van der Waals surface area (Å²) in [6.07, 6.45) is 0.825. The third-order valence-corrected chi connectivity index (χ3v) is 5.80. The van der Waals surface area contributed by atoms with Crippen molar-refractivity contribution in [1.29, 1.82) is 0 Å². The van der Waals surface area contributed by atoms with Gasteiger partial charge in [-0.25, -0.2) is 0 Å². The van der Waals surface area contributed by atoms with Crippen molar-refractivity contribution in [3.05, 3.63) is 29.8 Å². The monoisotopic (exact) mass is 489 g/mol. The topological polar surface area (TPSA) is 120 Å². The van der Waals surface area contributed by atoms with Crippen molar-refractivity contribution >= 4 is 23.6 Å². The van der Waals surface area contributed by atoms with Crippen molar-refractivity contribution < 1.29 is 23.9 Å². The Morgan fingerprint density at radius 3 is 2.60 bits per heavy atom. The maximum atomic E-state index is 13.1. The van der Waals surface area contributed by atoms with E-state index < -0.39 is 18.0 Å². The van der Waals surface area contributed by atoms with Gasteiger partial charge in [-0.05, 0) is 51.5 Å². The van der Waals surface area contributed by atoms with Gasteiger partial charge in [-0.1, -0.05) is 26.0 Å². The van der Waals surface area contributed by atoms with E-state index >= 15 is 0 Å². The maximum absolute atomic E-state index is 13.1. The number of fused-ring (bicyclic) bond motifs is 1. The van der Waals surface area contributed by atoms with Crippen molar-refractivity contribution in [3.63, 3.8) is 0 Å². The predicted molar refractivity (Wildman–Crippen MR) is 133 cm³/mol. The van der Waals surface area contributed by atoms with Gasteiger partial charge in [0, 0.05) is 20.0 Å². The van der Waals surface area contributed by atoms with Gasteiger partial charge >= 0.3 is 0 Å². The first-order valence-electron chi connectivity index (χ1n) is 12.1. The van der Waals surface area contributed by atoms with Crippen LogP contribution in [0.4, 0.5) is 0 Å². The molecular weight excluding hydrogens is 450 g/mol. The lowest BCUT2D eigenvalue weighted by Gasteiger charge is -2.27. The number of nitrogens with one attached hydrogen (secondary N) is 3. The highest BCUT2D eigenvalue weighted by Crippen LogP contribution is 2.19. The van der Waals surface area contributed by atoms with Gasteiger partial charge in [0.05, 0.1) is 12.1 Å². The van der Waals surface area contributed by atoms with Gasteiger partial charge in [0.2, 0.25) is 17.7 Å². The van der Waals surface area contributed by atoms with E-state index in [4.69, 9.17) is 4.74 Å². The Balaban J connectivity index is 2.26. The lowest BCUT2D eigenvalue weighted by molar-refractivity contribution is -0.137. The molecule has 0 aromatic heterocycles. The molecule has 2 atom stereocenters. The van der Waals surface area contributed by atoms with E-state index in [0.717, 1.165) is 13.0 Å². The van der Waals surface area contributed by atoms with Crippen LogP contribution in [0.25, 0.3) is 0 Å². The molecule has 1 aliphatic heterocycles. The summed E-state index contributed by atoms with van der Waals surface area (Å²) in [5, 5.41) is 8.41. The van der Waals surface area contributed by atoms with Gasteiger partial charge in [0.1, 0.15) is 24.4 Å². The average Bonchev–Trinajstić information content (AvgIpc) is 2.81. The van der Waals surface area contributed by atoms with Crippen molar-refractivity contribution in [2.75, 3.05) is 47.4 Å². The fourth-order valence-corrected chi connectivity index (χ4v) is 3.69. The summed E-state index contributed by atoms with van der Waals surface area (Å²) in [4.78, 5) is 55.2. The number of amides is 4. The number of likely N-dealkylation sites (N-methyl/N-ethyl adjacent to an activating group) is 1. The van der Waals surface area contributed by atoms with Crippen LogP contribution in [0.1, 0.15) is 43.5 Å². The molecule has 10 nitrogen and oxygen atoms in total. The van der Waals surface area contributed by atoms with Crippen molar-refractivity contribution in [2.24, 2.45) is 5.92 Å². The molecule has 0 spiro atoms. The van der Waals surface area contributed by atoms with Gasteiger partial charge in [-0.3, -0.25) is 19.2 Å². The normalized spacial score (nSPS) is 20.3. The van der Waals surface area contributed by atoms with Crippen LogP contribution in [-0.4, -0.2) is 92.9 Å². The van der Waals surface area contributed by atoms with Crippen molar-refractivity contribution in [3.8, 4) is 5.75 Å². The summed E-state index contributed by atoms with van der Waals surface area (Å²) in [6.45, 7) is 5.44. The lowest BCUT2D eigenvalue weighted by atomic mass is 10.0. The Morgan fingerprint density at radius 1 is 1.20 bits per heavy atom. The number of hydrogen-bond acceptors (Lipinski definition) is 6. The minimum Gasteiger partial charge on any atom is -0.491 e. The summed E-state index contributed by atoms with van der Waals surface area (Å²) in [7, 11) is 5.56. The van der Waals surface area contributed by atoms with Crippen molar-refractivity contribution in [2.45, 2.75) is 45.2 Å². The van der Waals surface area contributed by atoms with Gasteiger partial charge in [-0.15, -0.1) is 0 Å². The second-order valence-electron chi connectivity index (χ2n) is 9.41. The second-order valence-corrected chi connectivity index (χ2v) is 9.41. The van der Waals surface area contributed by atoms with Crippen LogP contribution in [0.5, 0.6) is 5.75 Å². The molecular formula is C25H39N5O5. The van der Waals surface area contributed by atoms with E-state index in [1.54, 1.807) is 31.3 Å². The Hall–Kier alpha value is -3.14. The van der Waals surface area contributed by atoms with Gasteiger partial charge in [0.15, 0.2) is 0 Å². The van der Waals surface area contributed by atoms with E-state index in [0.29, 0.717) is 12.3 Å². The summed E-state index contributed by atoms with van der Waals surface area (Å²) < 4.78 is 5.82. The highest BCUT2D eigenvalue weighted by Gasteiger charge is 2.29. The smallest absolute Gasteiger partial charge is 0.255 e. The van der Waals surface area contributed by atoms with Gasteiger partial charge in [0.25, 0.3) is 5.91 Å². The predicted octanol–water partition coefficient (Wildman–Crippen LogP) is 0.625. The molecule has 1 aromatic carbocycles. The van der Waals surface area contributed by atoms with E-state index in [2.05, 4.69) is 16.0 Å². The summed E-state index contributed by atoms with van der Waals surface area (Å²) in [6, 6.07) is 5.14. The first-order chi connectivity index (χ1) is 16.6. The number of para-hydroxylation sites is 1. The SMILES string of the molecule is CC(C)[C@H]1NC(=O)CC[C@@H](C(=O)NCCCN(C)C)NC(=O)c2ccccc2OCCN(C)C1=O. The number of carbonyl (C=O) groups excluding carboxylic acids is 4. The van der Waals surface area contributed by atoms with Crippen LogP contribution in [0, 0.1) is 5.92 Å². The van der Waals surface area contributed by atoms with Crippen molar-refractivity contribution in [1.82, 2.24) is 25.8 Å². The molecule has 35 heavy (non-hydrogen) atoms. The molecule has 0 saturated heterocycles. The quantitative estimate of drug-likeness (QED) is 0.504. The molecule has 2 rings (SSSR count). The first kappa shape index (κ1) is 28.1. The zero-order valence-corrected chi connectivity index (χ0v) is 21.4. The Bertz CT molecular complexity index is 889. The second kappa shape index (κ2) is 13.7. The number of ether oxygens (including phenoxy) is 1. The third-order valence-electron chi connectivity index (χ3n) is 5.80. The fraction of sp³-hybridized carbons (Fsp3) is 0.600. The Morgan fingerprint density at radius 2 is 1.91 bits per heavy atom. The molecule has 194 valence electrons. The van der Waals surface area contributed by atoms with E-state index in [1.807, 2.05) is 32.8 Å². The number of hydrogen-bond donors (Lipinski definition) is 3. The molecule has 0 saturated carbocycles. The number of benzene rings is 1. The van der Waals surface area contributed by atoms with Gasteiger partial charge in [-0.2, -0.15) is 0 Å². The minimum absolute atomic E-state index is 0.0194. The molecule has 0 aliphatic carbocycles. The molecule has 4 amide bonds. The fourth-order valence-electron chi connectivity index (χ4n) is 3.69. The van der Waals surface area contributed by atoms with Crippen LogP contribution in [0.2, 0.25) is 0 Å². The largest absolute Gasteiger partial charge is 0.491 e. The zero-order chi connectivity index (χ0) is 26.0. The Labute approximate surface area is 207 Å². The molecule has 3 N–H and O–H groups in total. The minimum atomic E-state index is -0.915. The number of carbonyl (C=O) groups is 4. The van der Waals surface area contributed by atoms with E-state index in [1.165, 1.54) is 4.90 Å². The van der Waals surface area contributed by atoms with E-state index in [9.17, 15) is 19.2 Å². The summed E-state index contributed by atoms with van der Waals surface area (Å²) in [5.74, 6) is -1.15. The number of rotatable bonds is 6. The van der Waals surface area contributed by atoms with Crippen LogP contribution >= 0.6 is 0 Å². The lowest BCUT2D eigenvalue weighted by Crippen LogP contribution is -2.51. The number of nitrogens with zero attached hydrogens (tertiary/aromatic N) is 2. The molecule has 1 aliphatic rings. The standard InChI is InChI=1S/C25H39N5O5/c1-17(2)22-25(34)30(5)15-16-35-20-10-7-6-9-18(20)23(32)27-19(11-12-21(31)28-22)24(33)26-13-8-14-29(3)4/h6-7,9-10,17,19,22H,8,11-16H2,1-5H3,(H,26,33)(H,27,32)(H,28,31)/t19-,22+/m0/s1. The Kier molecular flexibility index (Phi) is 11.0. The summed E-state index contributed by atoms with van der Waals surface area (Å²) in [5.41, 5.74) is 0.284. The van der Waals surface area contributed by atoms with Crippen LogP contribution in [0.3, 0.4) is 0 Å². The zero-order valence-electron chi connectivity index (χ0n) is 21.4. The maximum Gasteiger partial charge on any atom is 0.255 e. The average molecular weight is 490 g/mol. The molecule has 0 radical (unpaired) electrons. The molecule has 1 heterocycles. The molecule has 1 aromatic rings. The summed E-state index contributed by atoms with van der Waals surface area (Å²) >= 11 is 0. The third kappa shape index (κ3) is 8.86. The van der Waals surface area contributed by atoms with Gasteiger partial charge < -0.3 is 30.5 Å². The van der Waals surface area contributed by atoms with Crippen LogP contribution in [0.15, 0.2) is 24.3 Å². The highest BCUT2D eigenvalue weighted by molar-refractivity contribution is 5.99. The molecule has 10 heteroatoms. The first-order valence-corrected chi connectivity index (χ1v) is 12.1. The van der Waals surface area contributed by atoms with E-state index in [-0.39, 0.29) is 55.2 Å². The molecule has 0 unspecified atom stereocenters. The van der Waals surface area contributed by atoms with Crippen LogP contribution in [-0.2, 0) is 14.4 Å². The van der Waals surface area contributed by atoms with Crippen LogP contribution < -0.4 is 20.7 Å². The molecule has 0 fully saturated rings. The highest BCUT2D eigenvalue weighted by atomic mass is 16.5. The molecule has 0 bridgehead atoms.